The Morgan fingerprint density at radius 1 is 1.23 bits per heavy atom. The molecule has 8 heteroatoms. The summed E-state index contributed by atoms with van der Waals surface area (Å²) in [5.74, 6) is -1.78. The van der Waals surface area contributed by atoms with Crippen LogP contribution in [0, 0.1) is 0 Å². The van der Waals surface area contributed by atoms with Crippen LogP contribution in [0.5, 0.6) is 0 Å². The van der Waals surface area contributed by atoms with Gasteiger partial charge >= 0.3 is 5.97 Å². The van der Waals surface area contributed by atoms with Gasteiger partial charge in [0.15, 0.2) is 17.3 Å². The van der Waals surface area contributed by atoms with Crippen molar-refractivity contribution in [3.8, 4) is 11.5 Å². The summed E-state index contributed by atoms with van der Waals surface area (Å²) in [6.07, 6.45) is 1.08. The van der Waals surface area contributed by atoms with Crippen LogP contribution in [0.4, 0.5) is 0 Å². The number of carboxylic acid groups (broad SMARTS) is 1. The Morgan fingerprint density at radius 3 is 2.59 bits per heavy atom. The number of rotatable bonds is 7. The van der Waals surface area contributed by atoms with Crippen LogP contribution < -0.4 is 11.1 Å². The molecule has 2 heterocycles. The molecule has 22 heavy (non-hydrogen) atoms. The molecule has 0 saturated heterocycles. The van der Waals surface area contributed by atoms with Gasteiger partial charge in [-0.2, -0.15) is 0 Å². The van der Waals surface area contributed by atoms with Crippen molar-refractivity contribution in [2.45, 2.75) is 18.9 Å². The summed E-state index contributed by atoms with van der Waals surface area (Å²) in [4.78, 5) is 33.8. The van der Waals surface area contributed by atoms with Gasteiger partial charge in [-0.3, -0.25) is 14.4 Å². The third-order valence-electron chi connectivity index (χ3n) is 2.89. The zero-order chi connectivity index (χ0) is 16.1. The first kappa shape index (κ1) is 15.4. The number of primary amides is 1. The molecule has 0 aliphatic carbocycles. The maximum absolute atomic E-state index is 12.0. The number of carboxylic acids is 1. The molecule has 1 atom stereocenters. The molecule has 0 fully saturated rings. The smallest absolute Gasteiger partial charge is 0.303 e. The maximum Gasteiger partial charge on any atom is 0.303 e. The number of carbonyl (C=O) groups excluding carboxylic acids is 2. The first-order chi connectivity index (χ1) is 10.5. The largest absolute Gasteiger partial charge is 0.481 e. The highest BCUT2D eigenvalue weighted by molar-refractivity contribution is 5.95. The fourth-order valence-electron chi connectivity index (χ4n) is 1.79. The monoisotopic (exact) mass is 306 g/mol. The second-order valence-electron chi connectivity index (χ2n) is 4.50. The molecule has 4 N–H and O–H groups in total. The molecule has 2 aromatic rings. The van der Waals surface area contributed by atoms with Crippen molar-refractivity contribution in [2.75, 3.05) is 0 Å². The third-order valence-corrected chi connectivity index (χ3v) is 2.89. The van der Waals surface area contributed by atoms with Crippen molar-refractivity contribution in [3.63, 3.8) is 0 Å². The predicted molar refractivity (Wildman–Crippen MR) is 73.7 cm³/mol. The van der Waals surface area contributed by atoms with E-state index >= 15 is 0 Å². The molecule has 0 spiro atoms. The van der Waals surface area contributed by atoms with Crippen LogP contribution in [-0.4, -0.2) is 28.9 Å². The number of amides is 2. The van der Waals surface area contributed by atoms with E-state index in [-0.39, 0.29) is 18.6 Å². The van der Waals surface area contributed by atoms with Crippen LogP contribution in [0.3, 0.4) is 0 Å². The summed E-state index contributed by atoms with van der Waals surface area (Å²) in [6, 6.07) is 5.22. The molecular weight excluding hydrogens is 292 g/mol. The second-order valence-corrected chi connectivity index (χ2v) is 4.50. The Labute approximate surface area is 124 Å². The van der Waals surface area contributed by atoms with E-state index in [1.807, 2.05) is 0 Å². The standard InChI is InChI=1S/C14H14N2O6/c15-13(19)8(3-6-12(17)18)16-14(20)11-5-4-10(22-11)9-2-1-7-21-9/h1-2,4-5,7-8H,3,6H2,(H2,15,19)(H,16,20)(H,17,18)/t8-/m0/s1. The molecule has 0 aliphatic rings. The number of aliphatic carboxylic acids is 1. The van der Waals surface area contributed by atoms with E-state index in [1.54, 1.807) is 18.2 Å². The molecular formula is C14H14N2O6. The van der Waals surface area contributed by atoms with E-state index in [4.69, 9.17) is 19.7 Å². The Morgan fingerprint density at radius 2 is 2.00 bits per heavy atom. The van der Waals surface area contributed by atoms with Gasteiger partial charge < -0.3 is 25.0 Å². The first-order valence-electron chi connectivity index (χ1n) is 6.43. The summed E-state index contributed by atoms with van der Waals surface area (Å²) in [5, 5.41) is 11.0. The van der Waals surface area contributed by atoms with Crippen LogP contribution in [0.15, 0.2) is 39.4 Å². The topological polar surface area (TPSA) is 136 Å². The normalized spacial score (nSPS) is 11.8. The quantitative estimate of drug-likeness (QED) is 0.697. The Bertz CT molecular complexity index is 673. The number of furan rings is 2. The SMILES string of the molecule is NC(=O)[C@H](CCC(=O)O)NC(=O)c1ccc(-c2ccco2)o1. The first-order valence-corrected chi connectivity index (χ1v) is 6.43. The lowest BCUT2D eigenvalue weighted by molar-refractivity contribution is -0.137. The fourth-order valence-corrected chi connectivity index (χ4v) is 1.79. The Hall–Kier alpha value is -3.03. The molecule has 2 rings (SSSR count). The van der Waals surface area contributed by atoms with E-state index in [9.17, 15) is 14.4 Å². The van der Waals surface area contributed by atoms with E-state index in [0.717, 1.165) is 0 Å². The highest BCUT2D eigenvalue weighted by Crippen LogP contribution is 2.22. The van der Waals surface area contributed by atoms with Gasteiger partial charge in [-0.05, 0) is 30.7 Å². The van der Waals surface area contributed by atoms with Crippen LogP contribution >= 0.6 is 0 Å². The highest BCUT2D eigenvalue weighted by atomic mass is 16.4. The highest BCUT2D eigenvalue weighted by Gasteiger charge is 2.22. The summed E-state index contributed by atoms with van der Waals surface area (Å²) in [6.45, 7) is 0. The minimum absolute atomic E-state index is 0.0343. The average Bonchev–Trinajstić information content (AvgIpc) is 3.11. The summed E-state index contributed by atoms with van der Waals surface area (Å²) >= 11 is 0. The molecule has 0 aromatic carbocycles. The van der Waals surface area contributed by atoms with Gasteiger partial charge in [-0.1, -0.05) is 0 Å². The van der Waals surface area contributed by atoms with E-state index < -0.39 is 23.8 Å². The van der Waals surface area contributed by atoms with Gasteiger partial charge in [-0.25, -0.2) is 0 Å². The zero-order valence-electron chi connectivity index (χ0n) is 11.4. The molecule has 0 radical (unpaired) electrons. The van der Waals surface area contributed by atoms with Crippen LogP contribution in [0.1, 0.15) is 23.4 Å². The van der Waals surface area contributed by atoms with Gasteiger partial charge in [0.2, 0.25) is 5.91 Å². The molecule has 0 aliphatic heterocycles. The Kier molecular flexibility index (Phi) is 4.62. The Balaban J connectivity index is 2.04. The number of nitrogens with two attached hydrogens (primary N) is 1. The maximum atomic E-state index is 12.0. The third kappa shape index (κ3) is 3.75. The minimum atomic E-state index is -1.08. The van der Waals surface area contributed by atoms with E-state index in [1.165, 1.54) is 12.3 Å². The van der Waals surface area contributed by atoms with Gasteiger partial charge in [0, 0.05) is 6.42 Å². The van der Waals surface area contributed by atoms with Gasteiger partial charge in [-0.15, -0.1) is 0 Å². The molecule has 116 valence electrons. The van der Waals surface area contributed by atoms with Crippen LogP contribution in [-0.2, 0) is 9.59 Å². The molecule has 2 aromatic heterocycles. The van der Waals surface area contributed by atoms with Crippen LogP contribution in [0.2, 0.25) is 0 Å². The van der Waals surface area contributed by atoms with Crippen molar-refractivity contribution in [3.05, 3.63) is 36.3 Å². The molecule has 2 amide bonds. The molecule has 8 nitrogen and oxygen atoms in total. The van der Waals surface area contributed by atoms with Crippen LogP contribution in [0.25, 0.3) is 11.5 Å². The van der Waals surface area contributed by atoms with Crippen molar-refractivity contribution in [1.29, 1.82) is 0 Å². The van der Waals surface area contributed by atoms with E-state index in [0.29, 0.717) is 11.5 Å². The van der Waals surface area contributed by atoms with E-state index in [2.05, 4.69) is 5.32 Å². The average molecular weight is 306 g/mol. The van der Waals surface area contributed by atoms with Crippen molar-refractivity contribution < 1.29 is 28.3 Å². The predicted octanol–water partition coefficient (Wildman–Crippen LogP) is 0.988. The number of hydrogen-bond acceptors (Lipinski definition) is 5. The number of carbonyl (C=O) groups is 3. The lowest BCUT2D eigenvalue weighted by Gasteiger charge is -2.13. The number of hydrogen-bond donors (Lipinski definition) is 3. The van der Waals surface area contributed by atoms with Crippen molar-refractivity contribution >= 4 is 17.8 Å². The lowest BCUT2D eigenvalue weighted by Crippen LogP contribution is -2.44. The van der Waals surface area contributed by atoms with Gasteiger partial charge in [0.05, 0.1) is 6.26 Å². The summed E-state index contributed by atoms with van der Waals surface area (Å²) in [7, 11) is 0. The fraction of sp³-hybridized carbons (Fsp3) is 0.214. The summed E-state index contributed by atoms with van der Waals surface area (Å²) < 4.78 is 10.5. The van der Waals surface area contributed by atoms with Crippen molar-refractivity contribution in [2.24, 2.45) is 5.73 Å². The summed E-state index contributed by atoms with van der Waals surface area (Å²) in [5.41, 5.74) is 5.14. The zero-order valence-corrected chi connectivity index (χ0v) is 11.4. The number of nitrogens with one attached hydrogen (secondary N) is 1. The lowest BCUT2D eigenvalue weighted by atomic mass is 10.1. The minimum Gasteiger partial charge on any atom is -0.481 e. The van der Waals surface area contributed by atoms with Crippen molar-refractivity contribution in [1.82, 2.24) is 5.32 Å². The van der Waals surface area contributed by atoms with Gasteiger partial charge in [0.25, 0.3) is 5.91 Å². The molecule has 0 saturated carbocycles. The van der Waals surface area contributed by atoms with Gasteiger partial charge in [0.1, 0.15) is 6.04 Å². The molecule has 0 unspecified atom stereocenters. The second kappa shape index (κ2) is 6.61. The molecule has 0 bridgehead atoms.